The fourth-order valence-electron chi connectivity index (χ4n) is 9.18. The van der Waals surface area contributed by atoms with E-state index in [1.807, 2.05) is 0 Å². The summed E-state index contributed by atoms with van der Waals surface area (Å²) in [5.74, 6) is 1.01. The van der Waals surface area contributed by atoms with Crippen LogP contribution >= 0.6 is 0 Å². The molecule has 0 fully saturated rings. The van der Waals surface area contributed by atoms with Crippen LogP contribution in [0.2, 0.25) is 0 Å². The molecule has 2 aliphatic carbocycles. The molecule has 8 aromatic carbocycles. The molecule has 0 saturated heterocycles. The standard InChI is InChI=1S/C53H38N2/c1-2-16-44(17-3-1)55-50-21-11-10-20-49(50)54-53(55)38-26-22-37(23-27-38)41-30-31-47-48(34-41)52(43-29-25-36-13-5-7-15-40(36)33-43)46-19-9-8-18-45(46)51(47)42-28-24-35-12-4-6-14-39(35)32-42/h1-23,25-27,29-34,49-50H,24,28H2. The number of fused-ring (bicyclic) bond motifs is 5. The van der Waals surface area contributed by atoms with Gasteiger partial charge < -0.3 is 4.90 Å². The summed E-state index contributed by atoms with van der Waals surface area (Å²) in [7, 11) is 0. The van der Waals surface area contributed by atoms with E-state index in [0.717, 1.165) is 29.9 Å². The van der Waals surface area contributed by atoms with E-state index in [9.17, 15) is 0 Å². The summed E-state index contributed by atoms with van der Waals surface area (Å²) in [5.41, 5.74) is 12.7. The van der Waals surface area contributed by atoms with E-state index < -0.39 is 0 Å². The fraction of sp³-hybridized carbons (Fsp3) is 0.0755. The minimum Gasteiger partial charge on any atom is -0.317 e. The maximum atomic E-state index is 5.24. The molecule has 1 aliphatic heterocycles. The molecule has 0 saturated carbocycles. The summed E-state index contributed by atoms with van der Waals surface area (Å²) in [6, 6.07) is 60.7. The van der Waals surface area contributed by atoms with Gasteiger partial charge in [-0.05, 0) is 114 Å². The molecule has 2 heteroatoms. The molecule has 1 heterocycles. The van der Waals surface area contributed by atoms with Crippen LogP contribution in [0.15, 0.2) is 193 Å². The zero-order valence-corrected chi connectivity index (χ0v) is 30.4. The van der Waals surface area contributed by atoms with Crippen LogP contribution in [0.1, 0.15) is 28.7 Å². The van der Waals surface area contributed by atoms with E-state index in [1.165, 1.54) is 76.8 Å². The van der Waals surface area contributed by atoms with Crippen molar-refractivity contribution in [2.24, 2.45) is 4.99 Å². The number of benzene rings is 8. The van der Waals surface area contributed by atoms with Crippen molar-refractivity contribution < 1.29 is 0 Å². The Labute approximate surface area is 321 Å². The highest BCUT2D eigenvalue weighted by Crippen LogP contribution is 2.46. The number of allylic oxidation sites excluding steroid dienone is 3. The van der Waals surface area contributed by atoms with E-state index >= 15 is 0 Å². The number of aryl methyl sites for hydroxylation is 1. The Hall–Kier alpha value is -6.77. The average Bonchev–Trinajstić information content (AvgIpc) is 3.65. The first kappa shape index (κ1) is 31.7. The first-order valence-electron chi connectivity index (χ1n) is 19.4. The van der Waals surface area contributed by atoms with Crippen molar-refractivity contribution in [2.75, 3.05) is 4.90 Å². The molecule has 2 unspecified atom stereocenters. The number of hydrogen-bond acceptors (Lipinski definition) is 2. The van der Waals surface area contributed by atoms with E-state index in [-0.39, 0.29) is 12.1 Å². The zero-order valence-electron chi connectivity index (χ0n) is 30.4. The Kier molecular flexibility index (Phi) is 7.48. The van der Waals surface area contributed by atoms with Crippen molar-refractivity contribution in [1.29, 1.82) is 0 Å². The maximum Gasteiger partial charge on any atom is 0.136 e. The smallest absolute Gasteiger partial charge is 0.136 e. The van der Waals surface area contributed by atoms with Gasteiger partial charge in [0.2, 0.25) is 0 Å². The lowest BCUT2D eigenvalue weighted by atomic mass is 9.81. The quantitative estimate of drug-likeness (QED) is 0.163. The number of anilines is 1. The molecule has 0 N–H and O–H groups in total. The van der Waals surface area contributed by atoms with Crippen molar-refractivity contribution in [1.82, 2.24) is 0 Å². The van der Waals surface area contributed by atoms with E-state index in [0.29, 0.717) is 0 Å². The third kappa shape index (κ3) is 5.36. The summed E-state index contributed by atoms with van der Waals surface area (Å²) in [6.45, 7) is 0. The molecule has 3 aliphatic rings. The molecular formula is C53H38N2. The van der Waals surface area contributed by atoms with Crippen LogP contribution in [0.25, 0.3) is 66.2 Å². The lowest BCUT2D eigenvalue weighted by molar-refractivity contribution is 0.739. The fourth-order valence-corrected chi connectivity index (χ4v) is 9.18. The van der Waals surface area contributed by atoms with Gasteiger partial charge in [-0.15, -0.1) is 0 Å². The van der Waals surface area contributed by atoms with Crippen LogP contribution in [0.3, 0.4) is 0 Å². The Balaban J connectivity index is 1.09. The Morgan fingerprint density at radius 2 is 1.15 bits per heavy atom. The van der Waals surface area contributed by atoms with Crippen molar-refractivity contribution >= 4 is 55.5 Å². The molecule has 0 aromatic heterocycles. The van der Waals surface area contributed by atoms with Gasteiger partial charge in [-0.1, -0.05) is 170 Å². The number of aliphatic imine (C=N–C) groups is 1. The van der Waals surface area contributed by atoms with Crippen molar-refractivity contribution in [2.45, 2.75) is 24.9 Å². The second-order valence-corrected chi connectivity index (χ2v) is 15.0. The summed E-state index contributed by atoms with van der Waals surface area (Å²) in [5, 5.41) is 7.69. The van der Waals surface area contributed by atoms with E-state index in [2.05, 4.69) is 199 Å². The third-order valence-electron chi connectivity index (χ3n) is 11.8. The highest BCUT2D eigenvalue weighted by Gasteiger charge is 2.35. The summed E-state index contributed by atoms with van der Waals surface area (Å²) in [4.78, 5) is 7.63. The molecule has 2 atom stereocenters. The van der Waals surface area contributed by atoms with Crippen molar-refractivity contribution in [3.63, 3.8) is 0 Å². The van der Waals surface area contributed by atoms with Crippen LogP contribution in [-0.4, -0.2) is 17.9 Å². The van der Waals surface area contributed by atoms with Gasteiger partial charge in [-0.3, -0.25) is 4.99 Å². The number of nitrogens with zero attached hydrogens (tertiary/aromatic N) is 2. The monoisotopic (exact) mass is 702 g/mol. The van der Waals surface area contributed by atoms with Gasteiger partial charge in [-0.2, -0.15) is 0 Å². The van der Waals surface area contributed by atoms with Crippen LogP contribution in [0.5, 0.6) is 0 Å². The Bertz CT molecular complexity index is 2930. The largest absolute Gasteiger partial charge is 0.317 e. The highest BCUT2D eigenvalue weighted by molar-refractivity contribution is 6.21. The van der Waals surface area contributed by atoms with Crippen LogP contribution in [0.4, 0.5) is 5.69 Å². The minimum atomic E-state index is 0.102. The second-order valence-electron chi connectivity index (χ2n) is 15.0. The summed E-state index contributed by atoms with van der Waals surface area (Å²) in [6.07, 6.45) is 13.2. The lowest BCUT2D eigenvalue weighted by Crippen LogP contribution is -2.39. The molecule has 0 amide bonds. The normalized spacial score (nSPS) is 17.3. The Morgan fingerprint density at radius 1 is 0.473 bits per heavy atom. The van der Waals surface area contributed by atoms with E-state index in [1.54, 1.807) is 0 Å². The van der Waals surface area contributed by atoms with Crippen molar-refractivity contribution in [3.05, 3.63) is 210 Å². The van der Waals surface area contributed by atoms with Gasteiger partial charge in [0.1, 0.15) is 5.84 Å². The molecule has 11 rings (SSSR count). The van der Waals surface area contributed by atoms with Crippen LogP contribution in [-0.2, 0) is 6.42 Å². The Morgan fingerprint density at radius 3 is 2.02 bits per heavy atom. The molecular weight excluding hydrogens is 665 g/mol. The minimum absolute atomic E-state index is 0.102. The first-order valence-corrected chi connectivity index (χ1v) is 19.4. The molecule has 55 heavy (non-hydrogen) atoms. The summed E-state index contributed by atoms with van der Waals surface area (Å²) < 4.78 is 0. The average molecular weight is 703 g/mol. The van der Waals surface area contributed by atoms with Gasteiger partial charge in [0.15, 0.2) is 0 Å². The maximum absolute atomic E-state index is 5.24. The molecule has 2 nitrogen and oxygen atoms in total. The predicted octanol–water partition coefficient (Wildman–Crippen LogP) is 13.1. The van der Waals surface area contributed by atoms with Crippen molar-refractivity contribution in [3.8, 4) is 22.3 Å². The predicted molar refractivity (Wildman–Crippen MR) is 234 cm³/mol. The van der Waals surface area contributed by atoms with E-state index in [4.69, 9.17) is 4.99 Å². The number of amidine groups is 1. The molecule has 0 spiro atoms. The van der Waals surface area contributed by atoms with Crippen LogP contribution < -0.4 is 4.90 Å². The van der Waals surface area contributed by atoms with Gasteiger partial charge >= 0.3 is 0 Å². The first-order chi connectivity index (χ1) is 27.3. The topological polar surface area (TPSA) is 15.6 Å². The van der Waals surface area contributed by atoms with Crippen LogP contribution in [0, 0.1) is 0 Å². The van der Waals surface area contributed by atoms with Gasteiger partial charge in [-0.25, -0.2) is 0 Å². The van der Waals surface area contributed by atoms with Gasteiger partial charge in [0.25, 0.3) is 0 Å². The van der Waals surface area contributed by atoms with Gasteiger partial charge in [0, 0.05) is 11.3 Å². The SMILES string of the molecule is C1=CC2N=C(c3ccc(-c4ccc5c(C6=Cc7ccccc7CC6)c6ccccc6c(-c6ccc7ccccc7c6)c5c4)cc3)N(c3ccccc3)C2C=C1. The number of hydrogen-bond donors (Lipinski definition) is 0. The molecule has 0 bridgehead atoms. The molecule has 8 aromatic rings. The molecule has 260 valence electrons. The summed E-state index contributed by atoms with van der Waals surface area (Å²) >= 11 is 0. The van der Waals surface area contributed by atoms with Gasteiger partial charge in [0.05, 0.1) is 12.1 Å². The lowest BCUT2D eigenvalue weighted by Gasteiger charge is -2.29. The zero-order chi connectivity index (χ0) is 36.3. The molecule has 0 radical (unpaired) electrons. The third-order valence-corrected chi connectivity index (χ3v) is 11.8. The second kappa shape index (κ2) is 13.0. The number of para-hydroxylation sites is 1. The highest BCUT2D eigenvalue weighted by atomic mass is 15.3. The number of rotatable bonds is 5.